The van der Waals surface area contributed by atoms with Gasteiger partial charge in [-0.15, -0.1) is 0 Å². The zero-order valence-electron chi connectivity index (χ0n) is 12.4. The summed E-state index contributed by atoms with van der Waals surface area (Å²) in [4.78, 5) is 0. The Bertz CT molecular complexity index is 539. The fourth-order valence-electron chi connectivity index (χ4n) is 2.20. The maximum absolute atomic E-state index is 5.86. The largest absolute Gasteiger partial charge is 0.372 e. The Morgan fingerprint density at radius 2 is 1.67 bits per heavy atom. The average Bonchev–Trinajstić information content (AvgIpc) is 2.51. The van der Waals surface area contributed by atoms with Crippen LogP contribution in [0, 0.1) is 0 Å². The summed E-state index contributed by atoms with van der Waals surface area (Å²) in [5.41, 5.74) is 3.85. The molecule has 0 amide bonds. The molecule has 0 atom stereocenters. The van der Waals surface area contributed by atoms with Gasteiger partial charge in [-0.1, -0.05) is 59.3 Å². The van der Waals surface area contributed by atoms with E-state index in [-0.39, 0.29) is 0 Å². The van der Waals surface area contributed by atoms with Crippen LogP contribution in [0.5, 0.6) is 0 Å². The number of nitrogens with one attached hydrogen (secondary N) is 1. The molecule has 0 aromatic heterocycles. The van der Waals surface area contributed by atoms with Crippen molar-refractivity contribution < 1.29 is 4.74 Å². The van der Waals surface area contributed by atoms with Gasteiger partial charge in [-0.25, -0.2) is 0 Å². The Hall–Kier alpha value is -1.16. The quantitative estimate of drug-likeness (QED) is 0.718. The molecule has 0 aliphatic rings. The minimum atomic E-state index is 0.648. The van der Waals surface area contributed by atoms with Crippen molar-refractivity contribution in [1.82, 2.24) is 5.32 Å². The van der Waals surface area contributed by atoms with Crippen molar-refractivity contribution in [2.24, 2.45) is 0 Å². The Kier molecular flexibility index (Phi) is 6.93. The topological polar surface area (TPSA) is 21.3 Å². The van der Waals surface area contributed by atoms with Gasteiger partial charge in [0.25, 0.3) is 0 Å². The number of rotatable bonds is 8. The van der Waals surface area contributed by atoms with Crippen LogP contribution in [0.1, 0.15) is 23.6 Å². The van der Waals surface area contributed by atoms with Crippen molar-refractivity contribution in [2.75, 3.05) is 13.1 Å². The van der Waals surface area contributed by atoms with E-state index in [9.17, 15) is 0 Å². The Labute approximate surface area is 135 Å². The van der Waals surface area contributed by atoms with Gasteiger partial charge in [0.15, 0.2) is 0 Å². The van der Waals surface area contributed by atoms with Gasteiger partial charge in [-0.2, -0.15) is 0 Å². The van der Waals surface area contributed by atoms with E-state index in [1.165, 1.54) is 16.7 Å². The minimum Gasteiger partial charge on any atom is -0.372 e. The maximum Gasteiger partial charge on any atom is 0.0724 e. The molecule has 21 heavy (non-hydrogen) atoms. The summed E-state index contributed by atoms with van der Waals surface area (Å²) < 4.78 is 6.95. The first-order chi connectivity index (χ1) is 10.3. The Balaban J connectivity index is 1.86. The molecule has 1 N–H and O–H groups in total. The number of hydrogen-bond acceptors (Lipinski definition) is 2. The summed E-state index contributed by atoms with van der Waals surface area (Å²) in [5.74, 6) is 0. The Morgan fingerprint density at radius 1 is 0.952 bits per heavy atom. The summed E-state index contributed by atoms with van der Waals surface area (Å²) in [5, 5.41) is 3.37. The monoisotopic (exact) mass is 347 g/mol. The zero-order valence-corrected chi connectivity index (χ0v) is 14.0. The molecule has 3 heteroatoms. The molecule has 112 valence electrons. The summed E-state index contributed by atoms with van der Waals surface area (Å²) in [7, 11) is 0. The average molecular weight is 348 g/mol. The number of ether oxygens (including phenoxy) is 1. The minimum absolute atomic E-state index is 0.648. The molecule has 0 aliphatic heterocycles. The van der Waals surface area contributed by atoms with Gasteiger partial charge in [0.05, 0.1) is 13.2 Å². The van der Waals surface area contributed by atoms with Crippen molar-refractivity contribution in [1.29, 1.82) is 0 Å². The van der Waals surface area contributed by atoms with E-state index in [0.717, 1.165) is 24.0 Å². The summed E-state index contributed by atoms with van der Waals surface area (Å²) in [6.45, 7) is 5.48. The molecular weight excluding hydrogens is 326 g/mol. The lowest BCUT2D eigenvalue weighted by Crippen LogP contribution is -2.16. The standard InChI is InChI=1S/C18H22BrNO/c1-2-20-12-11-16-5-3-4-6-17(16)14-21-13-15-7-9-18(19)10-8-15/h3-10,20H,2,11-14H2,1H3. The van der Waals surface area contributed by atoms with E-state index in [1.54, 1.807) is 0 Å². The second-order valence-electron chi connectivity index (χ2n) is 4.99. The van der Waals surface area contributed by atoms with Crippen LogP contribution in [0.15, 0.2) is 53.0 Å². The predicted octanol–water partition coefficient (Wildman–Crippen LogP) is 4.32. The lowest BCUT2D eigenvalue weighted by atomic mass is 10.1. The highest BCUT2D eigenvalue weighted by molar-refractivity contribution is 9.10. The SMILES string of the molecule is CCNCCc1ccccc1COCc1ccc(Br)cc1. The molecule has 0 saturated heterocycles. The van der Waals surface area contributed by atoms with Gasteiger partial charge < -0.3 is 10.1 Å². The van der Waals surface area contributed by atoms with Crippen molar-refractivity contribution in [3.05, 3.63) is 69.7 Å². The fourth-order valence-corrected chi connectivity index (χ4v) is 2.47. The van der Waals surface area contributed by atoms with Crippen LogP contribution in [0.4, 0.5) is 0 Å². The van der Waals surface area contributed by atoms with E-state index < -0.39 is 0 Å². The van der Waals surface area contributed by atoms with Gasteiger partial charge in [0, 0.05) is 4.47 Å². The lowest BCUT2D eigenvalue weighted by molar-refractivity contribution is 0.106. The molecule has 2 rings (SSSR count). The molecule has 2 aromatic carbocycles. The molecule has 0 bridgehead atoms. The highest BCUT2D eigenvalue weighted by atomic mass is 79.9. The van der Waals surface area contributed by atoms with Crippen molar-refractivity contribution >= 4 is 15.9 Å². The molecule has 0 spiro atoms. The van der Waals surface area contributed by atoms with Gasteiger partial charge in [0.1, 0.15) is 0 Å². The second kappa shape index (κ2) is 8.98. The molecule has 0 radical (unpaired) electrons. The smallest absolute Gasteiger partial charge is 0.0724 e. The van der Waals surface area contributed by atoms with E-state index in [4.69, 9.17) is 4.74 Å². The highest BCUT2D eigenvalue weighted by Gasteiger charge is 2.02. The first-order valence-corrected chi connectivity index (χ1v) is 8.18. The summed E-state index contributed by atoms with van der Waals surface area (Å²) >= 11 is 3.44. The summed E-state index contributed by atoms with van der Waals surface area (Å²) in [6, 6.07) is 16.8. The van der Waals surface area contributed by atoms with Crippen molar-refractivity contribution in [3.63, 3.8) is 0 Å². The lowest BCUT2D eigenvalue weighted by Gasteiger charge is -2.10. The molecular formula is C18H22BrNO. The van der Waals surface area contributed by atoms with Crippen LogP contribution in [0.25, 0.3) is 0 Å². The highest BCUT2D eigenvalue weighted by Crippen LogP contribution is 2.14. The van der Waals surface area contributed by atoms with Gasteiger partial charge >= 0.3 is 0 Å². The third-order valence-electron chi connectivity index (χ3n) is 3.38. The molecule has 0 unspecified atom stereocenters. The van der Waals surface area contributed by atoms with Crippen LogP contribution >= 0.6 is 15.9 Å². The van der Waals surface area contributed by atoms with E-state index >= 15 is 0 Å². The van der Waals surface area contributed by atoms with Crippen molar-refractivity contribution in [3.8, 4) is 0 Å². The predicted molar refractivity (Wildman–Crippen MR) is 91.3 cm³/mol. The third kappa shape index (κ3) is 5.62. The number of benzene rings is 2. The maximum atomic E-state index is 5.86. The van der Waals surface area contributed by atoms with E-state index in [2.05, 4.69) is 64.6 Å². The Morgan fingerprint density at radius 3 is 2.38 bits per heavy atom. The van der Waals surface area contributed by atoms with E-state index in [1.807, 2.05) is 12.1 Å². The van der Waals surface area contributed by atoms with Gasteiger partial charge in [-0.3, -0.25) is 0 Å². The summed E-state index contributed by atoms with van der Waals surface area (Å²) in [6.07, 6.45) is 1.05. The number of halogens is 1. The fraction of sp³-hybridized carbons (Fsp3) is 0.333. The molecule has 0 saturated carbocycles. The first kappa shape index (κ1) is 16.2. The van der Waals surface area contributed by atoms with Crippen LogP contribution in [0.3, 0.4) is 0 Å². The van der Waals surface area contributed by atoms with Crippen LogP contribution < -0.4 is 5.32 Å². The molecule has 0 heterocycles. The van der Waals surface area contributed by atoms with Crippen LogP contribution in [-0.4, -0.2) is 13.1 Å². The number of likely N-dealkylation sites (N-methyl/N-ethyl adjacent to an activating group) is 1. The molecule has 2 nitrogen and oxygen atoms in total. The van der Waals surface area contributed by atoms with Crippen LogP contribution in [0.2, 0.25) is 0 Å². The van der Waals surface area contributed by atoms with Crippen LogP contribution in [-0.2, 0) is 24.4 Å². The van der Waals surface area contributed by atoms with Crippen molar-refractivity contribution in [2.45, 2.75) is 26.6 Å². The normalized spacial score (nSPS) is 10.8. The van der Waals surface area contributed by atoms with Gasteiger partial charge in [0.2, 0.25) is 0 Å². The first-order valence-electron chi connectivity index (χ1n) is 7.39. The second-order valence-corrected chi connectivity index (χ2v) is 5.91. The molecule has 2 aromatic rings. The number of hydrogen-bond donors (Lipinski definition) is 1. The van der Waals surface area contributed by atoms with Gasteiger partial charge in [-0.05, 0) is 48.3 Å². The van der Waals surface area contributed by atoms with E-state index in [0.29, 0.717) is 13.2 Å². The molecule has 0 fully saturated rings. The third-order valence-corrected chi connectivity index (χ3v) is 3.91. The molecule has 0 aliphatic carbocycles. The zero-order chi connectivity index (χ0) is 14.9.